The lowest BCUT2D eigenvalue weighted by Gasteiger charge is -2.21. The number of benzene rings is 2. The van der Waals surface area contributed by atoms with Gasteiger partial charge < -0.3 is 0 Å². The Morgan fingerprint density at radius 2 is 1.69 bits per heavy atom. The van der Waals surface area contributed by atoms with Gasteiger partial charge in [0, 0.05) is 35.1 Å². The quantitative estimate of drug-likeness (QED) is 0.446. The van der Waals surface area contributed by atoms with E-state index in [0.29, 0.717) is 11.6 Å². The highest BCUT2D eigenvalue weighted by Crippen LogP contribution is 2.31. The Bertz CT molecular complexity index is 1470. The van der Waals surface area contributed by atoms with Gasteiger partial charge in [-0.25, -0.2) is 4.98 Å². The Hall–Kier alpha value is -4.70. The van der Waals surface area contributed by atoms with Gasteiger partial charge in [0.2, 0.25) is 5.95 Å². The van der Waals surface area contributed by atoms with Crippen LogP contribution in [0.25, 0.3) is 11.0 Å². The molecule has 7 nitrogen and oxygen atoms in total. The molecule has 0 aliphatic heterocycles. The molecule has 0 amide bonds. The van der Waals surface area contributed by atoms with Crippen LogP contribution in [0.3, 0.4) is 0 Å². The highest BCUT2D eigenvalue weighted by Gasteiger charge is 2.17. The standard InChI is InChI=1S/C25H18N6O/c32-23-14-13-20-16-26-25(31(22-17-27-28-18-22)21-11-5-2-6-12-21)29-24(20)30(23)15-7-10-19-8-3-1-4-9-19/h1-6,8-9,11-14,16-18H,15H2,(H,27,28). The van der Waals surface area contributed by atoms with Crippen LogP contribution in [0.2, 0.25) is 0 Å². The van der Waals surface area contributed by atoms with Gasteiger partial charge in [-0.05, 0) is 30.3 Å². The summed E-state index contributed by atoms with van der Waals surface area (Å²) in [6.07, 6.45) is 5.18. The number of para-hydroxylation sites is 1. The molecular weight excluding hydrogens is 400 g/mol. The van der Waals surface area contributed by atoms with E-state index in [-0.39, 0.29) is 12.1 Å². The molecule has 1 N–H and O–H groups in total. The van der Waals surface area contributed by atoms with Crippen LogP contribution in [0.5, 0.6) is 0 Å². The zero-order valence-electron chi connectivity index (χ0n) is 17.0. The minimum Gasteiger partial charge on any atom is -0.284 e. The summed E-state index contributed by atoms with van der Waals surface area (Å²) >= 11 is 0. The van der Waals surface area contributed by atoms with Gasteiger partial charge in [-0.15, -0.1) is 0 Å². The van der Waals surface area contributed by atoms with Crippen molar-refractivity contribution in [1.29, 1.82) is 0 Å². The molecule has 32 heavy (non-hydrogen) atoms. The van der Waals surface area contributed by atoms with Crippen LogP contribution in [-0.2, 0) is 6.54 Å². The van der Waals surface area contributed by atoms with Crippen molar-refractivity contribution in [3.8, 4) is 11.8 Å². The van der Waals surface area contributed by atoms with Gasteiger partial charge in [-0.3, -0.25) is 19.4 Å². The molecule has 0 saturated carbocycles. The van der Waals surface area contributed by atoms with Crippen LogP contribution in [0, 0.1) is 11.8 Å². The average Bonchev–Trinajstić information content (AvgIpc) is 3.36. The van der Waals surface area contributed by atoms with Crippen LogP contribution in [-0.4, -0.2) is 24.7 Å². The summed E-state index contributed by atoms with van der Waals surface area (Å²) in [5, 5.41) is 7.65. The molecule has 154 valence electrons. The highest BCUT2D eigenvalue weighted by atomic mass is 16.1. The van der Waals surface area contributed by atoms with E-state index in [4.69, 9.17) is 4.98 Å². The Kier molecular flexibility index (Phi) is 5.17. The fourth-order valence-corrected chi connectivity index (χ4v) is 3.39. The molecule has 0 atom stereocenters. The summed E-state index contributed by atoms with van der Waals surface area (Å²) in [5.41, 5.74) is 2.91. The summed E-state index contributed by atoms with van der Waals surface area (Å²) in [5.74, 6) is 6.61. The van der Waals surface area contributed by atoms with Crippen molar-refractivity contribution in [2.45, 2.75) is 6.54 Å². The van der Waals surface area contributed by atoms with Crippen LogP contribution in [0.15, 0.2) is 96.2 Å². The number of hydrogen-bond acceptors (Lipinski definition) is 5. The summed E-state index contributed by atoms with van der Waals surface area (Å²) in [6.45, 7) is 0.221. The van der Waals surface area contributed by atoms with Crippen molar-refractivity contribution in [2.75, 3.05) is 4.90 Å². The summed E-state index contributed by atoms with van der Waals surface area (Å²) in [7, 11) is 0. The zero-order valence-corrected chi connectivity index (χ0v) is 17.0. The van der Waals surface area contributed by atoms with Gasteiger partial charge in [0.1, 0.15) is 5.65 Å². The maximum Gasteiger partial charge on any atom is 0.253 e. The normalized spacial score (nSPS) is 10.5. The van der Waals surface area contributed by atoms with Gasteiger partial charge in [0.25, 0.3) is 5.56 Å². The number of nitrogens with zero attached hydrogens (tertiary/aromatic N) is 5. The van der Waals surface area contributed by atoms with E-state index in [1.165, 1.54) is 6.07 Å². The predicted molar refractivity (Wildman–Crippen MR) is 124 cm³/mol. The van der Waals surface area contributed by atoms with E-state index >= 15 is 0 Å². The fourth-order valence-electron chi connectivity index (χ4n) is 3.39. The fraction of sp³-hybridized carbons (Fsp3) is 0.0400. The maximum absolute atomic E-state index is 12.7. The second kappa shape index (κ2) is 8.58. The number of nitrogens with one attached hydrogen (secondary N) is 1. The maximum atomic E-state index is 12.7. The molecule has 2 aromatic carbocycles. The molecule has 3 heterocycles. The monoisotopic (exact) mass is 418 g/mol. The van der Waals surface area contributed by atoms with Crippen molar-refractivity contribution in [2.24, 2.45) is 0 Å². The molecule has 7 heteroatoms. The van der Waals surface area contributed by atoms with Gasteiger partial charge in [0.05, 0.1) is 18.4 Å². The van der Waals surface area contributed by atoms with Crippen LogP contribution >= 0.6 is 0 Å². The zero-order chi connectivity index (χ0) is 21.8. The van der Waals surface area contributed by atoms with E-state index in [9.17, 15) is 4.79 Å². The van der Waals surface area contributed by atoms with Gasteiger partial charge in [-0.2, -0.15) is 10.1 Å². The molecule has 5 rings (SSSR count). The van der Waals surface area contributed by atoms with Crippen LogP contribution < -0.4 is 10.5 Å². The van der Waals surface area contributed by atoms with E-state index in [1.54, 1.807) is 29.2 Å². The summed E-state index contributed by atoms with van der Waals surface area (Å²) < 4.78 is 1.56. The topological polar surface area (TPSA) is 79.7 Å². The van der Waals surface area contributed by atoms with E-state index in [2.05, 4.69) is 27.0 Å². The van der Waals surface area contributed by atoms with Gasteiger partial charge in [-0.1, -0.05) is 48.2 Å². The summed E-state index contributed by atoms with van der Waals surface area (Å²) in [4.78, 5) is 23.9. The first-order valence-corrected chi connectivity index (χ1v) is 10.0. The largest absolute Gasteiger partial charge is 0.284 e. The highest BCUT2D eigenvalue weighted by molar-refractivity contribution is 5.78. The molecule has 0 bridgehead atoms. The SMILES string of the molecule is O=c1ccc2cnc(N(c3ccccc3)c3cn[nH]c3)nc2n1CC#Cc1ccccc1. The first kappa shape index (κ1) is 19.3. The predicted octanol–water partition coefficient (Wildman–Crippen LogP) is 4.04. The van der Waals surface area contributed by atoms with E-state index in [1.807, 2.05) is 65.6 Å². The molecule has 0 radical (unpaired) electrons. The molecule has 0 aliphatic carbocycles. The smallest absolute Gasteiger partial charge is 0.253 e. The lowest BCUT2D eigenvalue weighted by molar-refractivity contribution is 0.818. The van der Waals surface area contributed by atoms with Gasteiger partial charge in [0.15, 0.2) is 0 Å². The lowest BCUT2D eigenvalue weighted by Crippen LogP contribution is -2.21. The number of H-pyrrole nitrogens is 1. The first-order valence-electron chi connectivity index (χ1n) is 10.0. The molecule has 0 unspecified atom stereocenters. The second-order valence-electron chi connectivity index (χ2n) is 7.00. The molecule has 0 spiro atoms. The number of anilines is 3. The van der Waals surface area contributed by atoms with E-state index < -0.39 is 0 Å². The Morgan fingerprint density at radius 3 is 2.44 bits per heavy atom. The van der Waals surface area contributed by atoms with Crippen LogP contribution in [0.4, 0.5) is 17.3 Å². The van der Waals surface area contributed by atoms with Crippen molar-refractivity contribution in [3.63, 3.8) is 0 Å². The minimum absolute atomic E-state index is 0.168. The van der Waals surface area contributed by atoms with E-state index in [0.717, 1.165) is 22.3 Å². The summed E-state index contributed by atoms with van der Waals surface area (Å²) in [6, 6.07) is 22.7. The first-order chi connectivity index (χ1) is 15.8. The third-order valence-corrected chi connectivity index (χ3v) is 4.91. The Morgan fingerprint density at radius 1 is 0.906 bits per heavy atom. The minimum atomic E-state index is -0.168. The molecule has 3 aromatic heterocycles. The molecule has 0 saturated heterocycles. The Balaban J connectivity index is 1.60. The molecule has 0 aliphatic rings. The number of fused-ring (bicyclic) bond motifs is 1. The molecule has 5 aromatic rings. The van der Waals surface area contributed by atoms with Crippen molar-refractivity contribution in [1.82, 2.24) is 24.7 Å². The molecule has 0 fully saturated rings. The number of hydrogen-bond donors (Lipinski definition) is 1. The number of aromatic amines is 1. The molecular formula is C25H18N6O. The number of rotatable bonds is 4. The van der Waals surface area contributed by atoms with Crippen molar-refractivity contribution < 1.29 is 0 Å². The third kappa shape index (κ3) is 3.85. The number of pyridine rings is 1. The van der Waals surface area contributed by atoms with Crippen molar-refractivity contribution >= 4 is 28.4 Å². The average molecular weight is 418 g/mol. The van der Waals surface area contributed by atoms with Gasteiger partial charge >= 0.3 is 0 Å². The lowest BCUT2D eigenvalue weighted by atomic mass is 10.2. The van der Waals surface area contributed by atoms with Crippen LogP contribution in [0.1, 0.15) is 5.56 Å². The Labute approximate surface area is 184 Å². The van der Waals surface area contributed by atoms with Crippen molar-refractivity contribution in [3.05, 3.63) is 107 Å². The number of aromatic nitrogens is 5. The third-order valence-electron chi connectivity index (χ3n) is 4.91. The second-order valence-corrected chi connectivity index (χ2v) is 7.00.